The highest BCUT2D eigenvalue weighted by Gasteiger charge is 2.23. The molecule has 0 N–H and O–H groups in total. The molecule has 0 bridgehead atoms. The molecule has 0 spiro atoms. The van der Waals surface area contributed by atoms with Crippen LogP contribution in [0.25, 0.3) is 0 Å². The zero-order valence-electron chi connectivity index (χ0n) is 13.7. The molecule has 0 aromatic rings. The Kier molecular flexibility index (Phi) is 12.1. The first-order chi connectivity index (χ1) is 10.6. The van der Waals surface area contributed by atoms with E-state index in [1.54, 1.807) is 0 Å². The van der Waals surface area contributed by atoms with Gasteiger partial charge < -0.3 is 14.2 Å². The summed E-state index contributed by atoms with van der Waals surface area (Å²) in [6, 6.07) is 0. The number of hydrogen-bond donors (Lipinski definition) is 0. The average molecular weight is 312 g/mol. The maximum Gasteiger partial charge on any atom is 0.330 e. The summed E-state index contributed by atoms with van der Waals surface area (Å²) in [7, 11) is 0. The third-order valence-corrected chi connectivity index (χ3v) is 3.15. The van der Waals surface area contributed by atoms with Crippen molar-refractivity contribution in [2.45, 2.75) is 45.6 Å². The smallest absolute Gasteiger partial charge is 0.330 e. The van der Waals surface area contributed by atoms with E-state index in [1.807, 2.05) is 0 Å². The molecular formula is C17H28O5. The molecule has 0 saturated carbocycles. The summed E-state index contributed by atoms with van der Waals surface area (Å²) in [5.41, 5.74) is 0. The monoisotopic (exact) mass is 312 g/mol. The van der Waals surface area contributed by atoms with E-state index in [2.05, 4.69) is 31.7 Å². The molecule has 126 valence electrons. The van der Waals surface area contributed by atoms with Crippen molar-refractivity contribution in [3.05, 3.63) is 25.3 Å². The molecule has 0 aromatic heterocycles. The maximum atomic E-state index is 10.8. The first kappa shape index (κ1) is 20.4. The fourth-order valence-electron chi connectivity index (χ4n) is 1.56. The van der Waals surface area contributed by atoms with Crippen molar-refractivity contribution >= 4 is 11.9 Å². The second-order valence-corrected chi connectivity index (χ2v) is 5.04. The minimum absolute atomic E-state index is 0.147. The molecule has 1 rings (SSSR count). The molecule has 1 aliphatic heterocycles. The van der Waals surface area contributed by atoms with Crippen LogP contribution in [0.4, 0.5) is 0 Å². The Morgan fingerprint density at radius 2 is 1.82 bits per heavy atom. The summed E-state index contributed by atoms with van der Waals surface area (Å²) in [6.07, 6.45) is 7.14. The Bertz CT molecular complexity index is 347. The normalized spacial score (nSPS) is 16.5. The van der Waals surface area contributed by atoms with E-state index < -0.39 is 0 Å². The summed E-state index contributed by atoms with van der Waals surface area (Å²) in [6.45, 7) is 12.5. The van der Waals surface area contributed by atoms with Crippen LogP contribution in [0.2, 0.25) is 0 Å². The third-order valence-electron chi connectivity index (χ3n) is 3.15. The highest BCUT2D eigenvalue weighted by Crippen LogP contribution is 2.12. The minimum Gasteiger partial charge on any atom is -0.462 e. The standard InChI is InChI=1S/C11H20O2.C6H8O3/c1-4-7-8-10(5-2)9-13-11(12)6-3;1-2-6(7)9-4-5-3-8-5/h6,10H,3-5,7-9H2,1-2H3;2,5H,1,3-4H2. The molecular weight excluding hydrogens is 284 g/mol. The zero-order chi connectivity index (χ0) is 16.8. The Hall–Kier alpha value is -1.62. The predicted molar refractivity (Wildman–Crippen MR) is 85.4 cm³/mol. The first-order valence-electron chi connectivity index (χ1n) is 7.77. The first-order valence-corrected chi connectivity index (χ1v) is 7.77. The molecule has 2 unspecified atom stereocenters. The van der Waals surface area contributed by atoms with Gasteiger partial charge in [-0.2, -0.15) is 0 Å². The maximum absolute atomic E-state index is 10.8. The van der Waals surface area contributed by atoms with Gasteiger partial charge in [0.1, 0.15) is 12.7 Å². The van der Waals surface area contributed by atoms with Gasteiger partial charge in [-0.15, -0.1) is 0 Å². The summed E-state index contributed by atoms with van der Waals surface area (Å²) in [5, 5.41) is 0. The number of carbonyl (C=O) groups is 2. The highest BCUT2D eigenvalue weighted by molar-refractivity contribution is 5.81. The number of epoxide rings is 1. The van der Waals surface area contributed by atoms with E-state index in [0.717, 1.165) is 18.9 Å². The molecule has 1 saturated heterocycles. The highest BCUT2D eigenvalue weighted by atomic mass is 16.6. The van der Waals surface area contributed by atoms with Gasteiger partial charge in [0.25, 0.3) is 0 Å². The van der Waals surface area contributed by atoms with Gasteiger partial charge in [-0.1, -0.05) is 46.3 Å². The Balaban J connectivity index is 0.000000425. The molecule has 5 heteroatoms. The van der Waals surface area contributed by atoms with Crippen LogP contribution in [0.5, 0.6) is 0 Å². The van der Waals surface area contributed by atoms with Crippen molar-refractivity contribution in [2.75, 3.05) is 19.8 Å². The van der Waals surface area contributed by atoms with Gasteiger partial charge in [0.2, 0.25) is 0 Å². The molecule has 0 radical (unpaired) electrons. The van der Waals surface area contributed by atoms with Gasteiger partial charge in [0.05, 0.1) is 13.2 Å². The van der Waals surface area contributed by atoms with E-state index in [1.165, 1.54) is 18.9 Å². The Morgan fingerprint density at radius 1 is 1.23 bits per heavy atom. The number of hydrogen-bond acceptors (Lipinski definition) is 5. The van der Waals surface area contributed by atoms with Crippen molar-refractivity contribution < 1.29 is 23.8 Å². The lowest BCUT2D eigenvalue weighted by Crippen LogP contribution is -2.12. The fraction of sp³-hybridized carbons (Fsp3) is 0.647. The lowest BCUT2D eigenvalue weighted by Gasteiger charge is -2.13. The van der Waals surface area contributed by atoms with E-state index in [9.17, 15) is 9.59 Å². The Labute approximate surface area is 133 Å². The van der Waals surface area contributed by atoms with Crippen LogP contribution in [0.3, 0.4) is 0 Å². The predicted octanol–water partition coefficient (Wildman–Crippen LogP) is 3.05. The van der Waals surface area contributed by atoms with E-state index in [4.69, 9.17) is 9.47 Å². The number of unbranched alkanes of at least 4 members (excludes halogenated alkanes) is 1. The topological polar surface area (TPSA) is 65.1 Å². The van der Waals surface area contributed by atoms with Gasteiger partial charge >= 0.3 is 11.9 Å². The van der Waals surface area contributed by atoms with Gasteiger partial charge in [0, 0.05) is 12.2 Å². The van der Waals surface area contributed by atoms with E-state index >= 15 is 0 Å². The van der Waals surface area contributed by atoms with Crippen molar-refractivity contribution in [1.29, 1.82) is 0 Å². The number of carbonyl (C=O) groups excluding carboxylic acids is 2. The van der Waals surface area contributed by atoms with Gasteiger partial charge in [-0.3, -0.25) is 0 Å². The molecule has 2 atom stereocenters. The summed E-state index contributed by atoms with van der Waals surface area (Å²) in [4.78, 5) is 21.1. The van der Waals surface area contributed by atoms with Crippen LogP contribution in [0, 0.1) is 5.92 Å². The van der Waals surface area contributed by atoms with Crippen LogP contribution < -0.4 is 0 Å². The molecule has 22 heavy (non-hydrogen) atoms. The minimum atomic E-state index is -0.384. The van der Waals surface area contributed by atoms with Crippen molar-refractivity contribution in [3.8, 4) is 0 Å². The molecule has 1 fully saturated rings. The van der Waals surface area contributed by atoms with E-state index in [0.29, 0.717) is 25.7 Å². The van der Waals surface area contributed by atoms with Crippen molar-refractivity contribution in [3.63, 3.8) is 0 Å². The fourth-order valence-corrected chi connectivity index (χ4v) is 1.56. The van der Waals surface area contributed by atoms with Crippen molar-refractivity contribution in [1.82, 2.24) is 0 Å². The number of esters is 2. The summed E-state index contributed by atoms with van der Waals surface area (Å²) < 4.78 is 14.4. The second-order valence-electron chi connectivity index (χ2n) is 5.04. The lowest BCUT2D eigenvalue weighted by atomic mass is 10.0. The molecule has 0 aromatic carbocycles. The molecule has 5 nitrogen and oxygen atoms in total. The quantitative estimate of drug-likeness (QED) is 0.352. The van der Waals surface area contributed by atoms with Crippen molar-refractivity contribution in [2.24, 2.45) is 5.92 Å². The van der Waals surface area contributed by atoms with Crippen LogP contribution in [-0.2, 0) is 23.8 Å². The van der Waals surface area contributed by atoms with Crippen LogP contribution in [0.1, 0.15) is 39.5 Å². The SMILES string of the molecule is C=CC(=O)OCC(CC)CCCC.C=CC(=O)OCC1CO1. The largest absolute Gasteiger partial charge is 0.462 e. The molecule has 1 aliphatic rings. The van der Waals surface area contributed by atoms with Gasteiger partial charge in [0.15, 0.2) is 0 Å². The Morgan fingerprint density at radius 3 is 2.27 bits per heavy atom. The average Bonchev–Trinajstić information content (AvgIpc) is 3.37. The number of rotatable bonds is 10. The molecule has 0 amide bonds. The zero-order valence-corrected chi connectivity index (χ0v) is 13.7. The van der Waals surface area contributed by atoms with Gasteiger partial charge in [-0.25, -0.2) is 9.59 Å². The second kappa shape index (κ2) is 13.1. The van der Waals surface area contributed by atoms with E-state index in [-0.39, 0.29) is 18.0 Å². The third kappa shape index (κ3) is 12.1. The number of ether oxygens (including phenoxy) is 3. The molecule has 1 heterocycles. The van der Waals surface area contributed by atoms with Crippen LogP contribution in [-0.4, -0.2) is 37.9 Å². The lowest BCUT2D eigenvalue weighted by molar-refractivity contribution is -0.139. The van der Waals surface area contributed by atoms with Crippen LogP contribution in [0.15, 0.2) is 25.3 Å². The molecule has 0 aliphatic carbocycles. The van der Waals surface area contributed by atoms with Crippen LogP contribution >= 0.6 is 0 Å². The summed E-state index contributed by atoms with van der Waals surface area (Å²) in [5.74, 6) is -0.177. The summed E-state index contributed by atoms with van der Waals surface area (Å²) >= 11 is 0. The van der Waals surface area contributed by atoms with Gasteiger partial charge in [-0.05, 0) is 12.3 Å².